The first-order valence-corrected chi connectivity index (χ1v) is 24.0. The second-order valence-corrected chi connectivity index (χ2v) is 19.6. The van der Waals surface area contributed by atoms with E-state index >= 15 is 0 Å². The molecule has 2 nitrogen and oxygen atoms in total. The summed E-state index contributed by atoms with van der Waals surface area (Å²) in [5, 5.41) is 0.721. The first-order valence-electron chi connectivity index (χ1n) is 23.7. The number of hydrogen-bond donors (Lipinski definition) is 0. The van der Waals surface area contributed by atoms with E-state index < -0.39 is 5.41 Å². The number of hydrogen-bond acceptors (Lipinski definition) is 2. The molecular weight excluding hydrogens is 846 g/mol. The van der Waals surface area contributed by atoms with Crippen LogP contribution in [-0.2, 0) is 17.3 Å². The molecule has 0 saturated carbocycles. The van der Waals surface area contributed by atoms with Crippen molar-refractivity contribution in [3.8, 4) is 67.1 Å². The van der Waals surface area contributed by atoms with Crippen molar-refractivity contribution in [2.45, 2.75) is 31.1 Å². The lowest BCUT2D eigenvalue weighted by Gasteiger charge is -2.39. The van der Waals surface area contributed by atoms with Gasteiger partial charge in [0.15, 0.2) is 0 Å². The minimum Gasteiger partial charge on any atom is -0.457 e. The van der Waals surface area contributed by atoms with Crippen LogP contribution >= 0.6 is 11.6 Å². The molecule has 3 heteroatoms. The molecule has 10 aromatic carbocycles. The van der Waals surface area contributed by atoms with Crippen molar-refractivity contribution in [2.24, 2.45) is 0 Å². The van der Waals surface area contributed by atoms with Crippen molar-refractivity contribution in [2.75, 3.05) is 4.90 Å². The van der Waals surface area contributed by atoms with Crippen molar-refractivity contribution < 1.29 is 4.74 Å². The Kier molecular flexibility index (Phi) is 8.40. The Bertz CT molecular complexity index is 3710. The summed E-state index contributed by atoms with van der Waals surface area (Å²) in [6.45, 7) is 4.73. The molecule has 322 valence electrons. The largest absolute Gasteiger partial charge is 0.457 e. The van der Waals surface area contributed by atoms with Gasteiger partial charge in [-0.2, -0.15) is 0 Å². The smallest absolute Gasteiger partial charge is 0.132 e. The summed E-state index contributed by atoms with van der Waals surface area (Å²) in [4.78, 5) is 2.57. The van der Waals surface area contributed by atoms with E-state index in [4.69, 9.17) is 16.3 Å². The van der Waals surface area contributed by atoms with Crippen LogP contribution < -0.4 is 9.64 Å². The molecule has 0 N–H and O–H groups in total. The zero-order valence-electron chi connectivity index (χ0n) is 37.7. The van der Waals surface area contributed by atoms with Crippen molar-refractivity contribution >= 4 is 28.7 Å². The third kappa shape index (κ3) is 5.30. The highest BCUT2D eigenvalue weighted by atomic mass is 35.5. The molecule has 0 amide bonds. The third-order valence-electron chi connectivity index (χ3n) is 15.5. The lowest BCUT2D eigenvalue weighted by Crippen LogP contribution is -2.32. The van der Waals surface area contributed by atoms with E-state index in [9.17, 15) is 0 Å². The van der Waals surface area contributed by atoms with Gasteiger partial charge in [-0.25, -0.2) is 0 Å². The molecule has 10 aromatic rings. The number of rotatable bonds is 5. The third-order valence-corrected chi connectivity index (χ3v) is 15.8. The summed E-state index contributed by atoms with van der Waals surface area (Å²) < 4.78 is 6.76. The molecular formula is C65H44ClNO. The lowest BCUT2D eigenvalue weighted by molar-refractivity contribution is 0.436. The van der Waals surface area contributed by atoms with Gasteiger partial charge in [-0.1, -0.05) is 201 Å². The Balaban J connectivity index is 1.10. The van der Waals surface area contributed by atoms with E-state index in [1.807, 2.05) is 0 Å². The van der Waals surface area contributed by atoms with Crippen LogP contribution in [0.1, 0.15) is 58.4 Å². The molecule has 3 aliphatic carbocycles. The Morgan fingerprint density at radius 1 is 0.397 bits per heavy atom. The van der Waals surface area contributed by atoms with Crippen LogP contribution in [0.15, 0.2) is 218 Å². The number of anilines is 3. The van der Waals surface area contributed by atoms with Crippen LogP contribution in [0.5, 0.6) is 11.5 Å². The topological polar surface area (TPSA) is 12.5 Å². The van der Waals surface area contributed by atoms with Gasteiger partial charge in [0.1, 0.15) is 11.5 Å². The molecule has 0 bridgehead atoms. The SMILES string of the molecule is CC1(C)c2ccccc2-c2ccc(-c3ccccc3N(c3cccc4c3-c3c(Cl)cccc3C43c4ccccc4Oc4ccccc43)c3ccc(-c4ccccc4)c4c3-c3ccccc3C4)cc21. The summed E-state index contributed by atoms with van der Waals surface area (Å²) in [6, 6.07) is 80.1. The molecule has 1 spiro atoms. The molecule has 0 aromatic heterocycles. The Morgan fingerprint density at radius 2 is 0.956 bits per heavy atom. The van der Waals surface area contributed by atoms with Crippen LogP contribution in [0.2, 0.25) is 5.02 Å². The van der Waals surface area contributed by atoms with Crippen molar-refractivity contribution in [1.29, 1.82) is 0 Å². The summed E-state index contributed by atoms with van der Waals surface area (Å²) in [7, 11) is 0. The van der Waals surface area contributed by atoms with Gasteiger partial charge in [0, 0.05) is 43.8 Å². The van der Waals surface area contributed by atoms with E-state index in [2.05, 4.69) is 237 Å². The number of fused-ring (bicyclic) bond motifs is 15. The van der Waals surface area contributed by atoms with Crippen LogP contribution in [0.25, 0.3) is 55.6 Å². The normalized spacial score (nSPS) is 14.4. The van der Waals surface area contributed by atoms with Crippen LogP contribution in [-0.4, -0.2) is 0 Å². The molecule has 0 saturated heterocycles. The molecule has 68 heavy (non-hydrogen) atoms. The van der Waals surface area contributed by atoms with Gasteiger partial charge in [-0.3, -0.25) is 0 Å². The van der Waals surface area contributed by atoms with Crippen LogP contribution in [0, 0.1) is 0 Å². The predicted octanol–water partition coefficient (Wildman–Crippen LogP) is 17.5. The molecule has 0 atom stereocenters. The fourth-order valence-corrected chi connectivity index (χ4v) is 12.9. The number of halogens is 1. The summed E-state index contributed by atoms with van der Waals surface area (Å²) in [5.74, 6) is 1.70. The Labute approximate surface area is 402 Å². The average molecular weight is 891 g/mol. The highest BCUT2D eigenvalue weighted by Crippen LogP contribution is 2.66. The predicted molar refractivity (Wildman–Crippen MR) is 280 cm³/mol. The minimum absolute atomic E-state index is 0.153. The van der Waals surface area contributed by atoms with Gasteiger partial charge in [0.2, 0.25) is 0 Å². The lowest BCUT2D eigenvalue weighted by atomic mass is 9.66. The van der Waals surface area contributed by atoms with Crippen molar-refractivity contribution in [1.82, 2.24) is 0 Å². The second-order valence-electron chi connectivity index (χ2n) is 19.2. The fraction of sp³-hybridized carbons (Fsp3) is 0.0769. The fourth-order valence-electron chi connectivity index (χ4n) is 12.6. The van der Waals surface area contributed by atoms with E-state index in [1.54, 1.807) is 0 Å². The Morgan fingerprint density at radius 3 is 1.74 bits per heavy atom. The van der Waals surface area contributed by atoms with Gasteiger partial charge in [-0.15, -0.1) is 0 Å². The van der Waals surface area contributed by atoms with E-state index in [-0.39, 0.29) is 5.41 Å². The van der Waals surface area contributed by atoms with Gasteiger partial charge in [0.25, 0.3) is 0 Å². The highest BCUT2D eigenvalue weighted by Gasteiger charge is 2.53. The molecule has 1 heterocycles. The summed E-state index contributed by atoms with van der Waals surface area (Å²) in [5.41, 5.74) is 24.5. The van der Waals surface area contributed by atoms with Crippen molar-refractivity contribution in [3.63, 3.8) is 0 Å². The van der Waals surface area contributed by atoms with Crippen LogP contribution in [0.4, 0.5) is 17.1 Å². The monoisotopic (exact) mass is 889 g/mol. The number of ether oxygens (including phenoxy) is 1. The maximum atomic E-state index is 7.67. The van der Waals surface area contributed by atoms with Gasteiger partial charge in [0.05, 0.1) is 22.5 Å². The van der Waals surface area contributed by atoms with E-state index in [1.165, 1.54) is 66.8 Å². The Hall–Kier alpha value is -7.91. The highest BCUT2D eigenvalue weighted by molar-refractivity contribution is 6.34. The van der Waals surface area contributed by atoms with Gasteiger partial charge >= 0.3 is 0 Å². The van der Waals surface area contributed by atoms with Gasteiger partial charge in [-0.05, 0) is 116 Å². The van der Waals surface area contributed by atoms with Crippen molar-refractivity contribution in [3.05, 3.63) is 268 Å². The van der Waals surface area contributed by atoms with Crippen LogP contribution in [0.3, 0.4) is 0 Å². The number of para-hydroxylation sites is 3. The standard InChI is InChI=1S/C65H44ClNO/c1-64(2)49-24-10-8-23-46(49)47-35-34-42(39-54(47)64)44-21-9-13-30-56(44)67(58-37-36-43(40-18-4-3-5-19-40)48-38-41-20-6-7-22-45(41)61(48)58)57-31-17-28-53-63(57)62-52(27-16-29-55(62)66)65(53)50-25-11-14-32-59(50)68-60-33-15-12-26-51(60)65/h3-37,39H,38H2,1-2H3. The zero-order chi connectivity index (χ0) is 45.3. The number of nitrogens with zero attached hydrogens (tertiary/aromatic N) is 1. The first-order chi connectivity index (χ1) is 33.4. The molecule has 0 unspecified atom stereocenters. The average Bonchev–Trinajstić information content (AvgIpc) is 4.00. The molecule has 1 aliphatic heterocycles. The maximum Gasteiger partial charge on any atom is 0.132 e. The minimum atomic E-state index is -0.700. The molecule has 0 radical (unpaired) electrons. The second kappa shape index (κ2) is 14.5. The first kappa shape index (κ1) is 39.3. The van der Waals surface area contributed by atoms with E-state index in [0.29, 0.717) is 0 Å². The summed E-state index contributed by atoms with van der Waals surface area (Å²) >= 11 is 7.67. The summed E-state index contributed by atoms with van der Waals surface area (Å²) in [6.07, 6.45) is 0.845. The molecule has 14 rings (SSSR count). The quantitative estimate of drug-likeness (QED) is 0.171. The number of benzene rings is 10. The van der Waals surface area contributed by atoms with E-state index in [0.717, 1.165) is 73.4 Å². The molecule has 0 fully saturated rings. The van der Waals surface area contributed by atoms with Gasteiger partial charge < -0.3 is 9.64 Å². The maximum absolute atomic E-state index is 7.67. The molecule has 4 aliphatic rings. The zero-order valence-corrected chi connectivity index (χ0v) is 38.5.